The average molecular weight is 326 g/mol. The minimum atomic E-state index is -2.89. The molecule has 0 spiro atoms. The number of hydrogen-bond donors (Lipinski definition) is 1. The lowest BCUT2D eigenvalue weighted by Gasteiger charge is -2.29. The van der Waals surface area contributed by atoms with Gasteiger partial charge in [0.2, 0.25) is 0 Å². The third kappa shape index (κ3) is 3.60. The van der Waals surface area contributed by atoms with Crippen molar-refractivity contribution in [2.24, 2.45) is 5.10 Å². The molecule has 1 aliphatic rings. The maximum Gasteiger partial charge on any atom is 0.387 e. The van der Waals surface area contributed by atoms with Gasteiger partial charge in [-0.1, -0.05) is 25.5 Å². The molecule has 1 heterocycles. The van der Waals surface area contributed by atoms with Gasteiger partial charge in [-0.05, 0) is 31.0 Å². The second-order valence-corrected chi connectivity index (χ2v) is 5.37. The van der Waals surface area contributed by atoms with E-state index < -0.39 is 18.0 Å². The van der Waals surface area contributed by atoms with Crippen molar-refractivity contribution in [3.63, 3.8) is 0 Å². The highest BCUT2D eigenvalue weighted by atomic mass is 19.3. The zero-order chi connectivity index (χ0) is 16.9. The molecule has 0 aromatic heterocycles. The molecule has 1 aromatic rings. The summed E-state index contributed by atoms with van der Waals surface area (Å²) in [6.07, 6.45) is 3.21. The highest BCUT2D eigenvalue weighted by Crippen LogP contribution is 2.32. The number of carbonyl (C=O) groups excluding carboxylic acids is 1. The van der Waals surface area contributed by atoms with E-state index in [-0.39, 0.29) is 11.8 Å². The Kier molecular flexibility index (Phi) is 5.52. The molecular formula is C16H20F2N2O3. The number of nitrogens with one attached hydrogen (secondary N) is 1. The SMILES string of the molecule is CCCCOC(=O)C1(c2ccc(OC(F)F)cc2)C=NNC1C. The maximum absolute atomic E-state index is 12.6. The van der Waals surface area contributed by atoms with E-state index in [1.807, 2.05) is 13.8 Å². The van der Waals surface area contributed by atoms with Gasteiger partial charge in [0.25, 0.3) is 0 Å². The lowest BCUT2D eigenvalue weighted by molar-refractivity contribution is -0.148. The molecule has 2 rings (SSSR count). The van der Waals surface area contributed by atoms with Gasteiger partial charge in [0.15, 0.2) is 5.41 Å². The van der Waals surface area contributed by atoms with E-state index >= 15 is 0 Å². The third-order valence-corrected chi connectivity index (χ3v) is 3.85. The molecule has 126 valence electrons. The maximum atomic E-state index is 12.6. The molecule has 1 aromatic carbocycles. The van der Waals surface area contributed by atoms with E-state index in [0.29, 0.717) is 12.2 Å². The van der Waals surface area contributed by atoms with Crippen molar-refractivity contribution < 1.29 is 23.0 Å². The first-order valence-electron chi connectivity index (χ1n) is 7.53. The normalized spacial score (nSPS) is 22.9. The molecule has 0 radical (unpaired) electrons. The first kappa shape index (κ1) is 17.2. The fourth-order valence-electron chi connectivity index (χ4n) is 2.48. The number of rotatable bonds is 7. The molecule has 5 nitrogen and oxygen atoms in total. The summed E-state index contributed by atoms with van der Waals surface area (Å²) in [5.74, 6) is -0.372. The standard InChI is InChI=1S/C16H20F2N2O3/c1-3-4-9-22-14(21)16(10-19-20-11(16)2)12-5-7-13(8-6-12)23-15(17)18/h5-8,10-11,15,20H,3-4,9H2,1-2H3. The van der Waals surface area contributed by atoms with Gasteiger partial charge in [-0.15, -0.1) is 0 Å². The van der Waals surface area contributed by atoms with Crippen LogP contribution in [0.5, 0.6) is 5.75 Å². The van der Waals surface area contributed by atoms with Gasteiger partial charge in [-0.25, -0.2) is 0 Å². The topological polar surface area (TPSA) is 59.9 Å². The summed E-state index contributed by atoms with van der Waals surface area (Å²) in [5.41, 5.74) is 2.38. The number of hydrazone groups is 1. The second kappa shape index (κ2) is 7.39. The number of halogens is 2. The van der Waals surface area contributed by atoms with Crippen molar-refractivity contribution in [2.45, 2.75) is 44.8 Å². The summed E-state index contributed by atoms with van der Waals surface area (Å²) in [6, 6.07) is 5.66. The van der Waals surface area contributed by atoms with Crippen LogP contribution in [-0.4, -0.2) is 31.4 Å². The van der Waals surface area contributed by atoms with Crippen molar-refractivity contribution in [1.82, 2.24) is 5.43 Å². The Balaban J connectivity index is 2.25. The molecule has 0 fully saturated rings. The van der Waals surface area contributed by atoms with Gasteiger partial charge < -0.3 is 14.9 Å². The van der Waals surface area contributed by atoms with E-state index in [9.17, 15) is 13.6 Å². The third-order valence-electron chi connectivity index (χ3n) is 3.85. The predicted molar refractivity (Wildman–Crippen MR) is 81.7 cm³/mol. The number of nitrogens with zero attached hydrogens (tertiary/aromatic N) is 1. The largest absolute Gasteiger partial charge is 0.465 e. The van der Waals surface area contributed by atoms with Gasteiger partial charge in [0, 0.05) is 6.21 Å². The second-order valence-electron chi connectivity index (χ2n) is 5.37. The highest BCUT2D eigenvalue weighted by Gasteiger charge is 2.48. The van der Waals surface area contributed by atoms with Gasteiger partial charge >= 0.3 is 12.6 Å². The minimum Gasteiger partial charge on any atom is -0.465 e. The summed E-state index contributed by atoms with van der Waals surface area (Å²) in [5, 5.41) is 3.99. The van der Waals surface area contributed by atoms with Crippen molar-refractivity contribution in [3.8, 4) is 5.75 Å². The van der Waals surface area contributed by atoms with Crippen LogP contribution in [0.2, 0.25) is 0 Å². The van der Waals surface area contributed by atoms with Crippen LogP contribution in [-0.2, 0) is 14.9 Å². The summed E-state index contributed by atoms with van der Waals surface area (Å²) in [4.78, 5) is 12.6. The van der Waals surface area contributed by atoms with Gasteiger partial charge in [0.05, 0.1) is 12.6 Å². The van der Waals surface area contributed by atoms with Crippen molar-refractivity contribution in [1.29, 1.82) is 0 Å². The van der Waals surface area contributed by atoms with Crippen molar-refractivity contribution >= 4 is 12.2 Å². The first-order chi connectivity index (χ1) is 11.0. The number of unbranched alkanes of at least 4 members (excludes halogenated alkanes) is 1. The van der Waals surface area contributed by atoms with Gasteiger partial charge in [0.1, 0.15) is 5.75 Å². The van der Waals surface area contributed by atoms with Crippen molar-refractivity contribution in [3.05, 3.63) is 29.8 Å². The van der Waals surface area contributed by atoms with E-state index in [1.54, 1.807) is 12.1 Å². The number of carbonyl (C=O) groups is 1. The average Bonchev–Trinajstić information content (AvgIpc) is 2.90. The molecule has 0 saturated carbocycles. The monoisotopic (exact) mass is 326 g/mol. The molecule has 0 amide bonds. The molecule has 1 aliphatic heterocycles. The highest BCUT2D eigenvalue weighted by molar-refractivity contribution is 6.03. The molecule has 0 aliphatic carbocycles. The lowest BCUT2D eigenvalue weighted by Crippen LogP contribution is -2.48. The first-order valence-corrected chi connectivity index (χ1v) is 7.53. The quantitative estimate of drug-likeness (QED) is 0.618. The number of esters is 1. The molecule has 0 bridgehead atoms. The molecule has 23 heavy (non-hydrogen) atoms. The smallest absolute Gasteiger partial charge is 0.387 e. The fraction of sp³-hybridized carbons (Fsp3) is 0.500. The van der Waals surface area contributed by atoms with Gasteiger partial charge in [-0.3, -0.25) is 4.79 Å². The Morgan fingerprint density at radius 2 is 2.09 bits per heavy atom. The summed E-state index contributed by atoms with van der Waals surface area (Å²) < 4.78 is 34.2. The molecule has 2 atom stereocenters. The number of hydrogen-bond acceptors (Lipinski definition) is 5. The minimum absolute atomic E-state index is 0.0359. The van der Waals surface area contributed by atoms with Crippen molar-refractivity contribution in [2.75, 3.05) is 6.61 Å². The van der Waals surface area contributed by atoms with Gasteiger partial charge in [-0.2, -0.15) is 13.9 Å². The molecule has 7 heteroatoms. The molecule has 1 N–H and O–H groups in total. The van der Waals surface area contributed by atoms with Crippen LogP contribution in [0.15, 0.2) is 29.4 Å². The Hall–Kier alpha value is -2.18. The summed E-state index contributed by atoms with van der Waals surface area (Å²) in [7, 11) is 0. The summed E-state index contributed by atoms with van der Waals surface area (Å²) in [6.45, 7) is 1.27. The zero-order valence-corrected chi connectivity index (χ0v) is 13.1. The number of benzene rings is 1. The lowest BCUT2D eigenvalue weighted by atomic mass is 9.76. The molecule has 2 unspecified atom stereocenters. The fourth-order valence-corrected chi connectivity index (χ4v) is 2.48. The summed E-state index contributed by atoms with van der Waals surface area (Å²) >= 11 is 0. The van der Waals surface area contributed by atoms with E-state index in [0.717, 1.165) is 12.8 Å². The van der Waals surface area contributed by atoms with E-state index in [4.69, 9.17) is 4.74 Å². The number of alkyl halides is 2. The Morgan fingerprint density at radius 3 is 2.61 bits per heavy atom. The zero-order valence-electron chi connectivity index (χ0n) is 13.1. The van der Waals surface area contributed by atoms with Crippen LogP contribution >= 0.6 is 0 Å². The Morgan fingerprint density at radius 1 is 1.39 bits per heavy atom. The Labute approximate surface area is 133 Å². The van der Waals surface area contributed by atoms with Crippen LogP contribution in [0.1, 0.15) is 32.3 Å². The van der Waals surface area contributed by atoms with E-state index in [1.165, 1.54) is 18.3 Å². The van der Waals surface area contributed by atoms with Crippen LogP contribution in [0, 0.1) is 0 Å². The number of ether oxygens (including phenoxy) is 2. The van der Waals surface area contributed by atoms with Crippen LogP contribution < -0.4 is 10.2 Å². The van der Waals surface area contributed by atoms with Crippen LogP contribution in [0.25, 0.3) is 0 Å². The molecule has 0 saturated heterocycles. The van der Waals surface area contributed by atoms with E-state index in [2.05, 4.69) is 15.3 Å². The Bertz CT molecular complexity index is 563. The predicted octanol–water partition coefficient (Wildman–Crippen LogP) is 2.85. The molecular weight excluding hydrogens is 306 g/mol. The van der Waals surface area contributed by atoms with Crippen LogP contribution in [0.3, 0.4) is 0 Å². The van der Waals surface area contributed by atoms with Crippen LogP contribution in [0.4, 0.5) is 8.78 Å².